The Hall–Kier alpha value is -2.56. The first-order valence-electron chi connectivity index (χ1n) is 8.93. The summed E-state index contributed by atoms with van der Waals surface area (Å²) >= 11 is 1.74. The first-order chi connectivity index (χ1) is 12.8. The number of aromatic amines is 1. The van der Waals surface area contributed by atoms with Gasteiger partial charge >= 0.3 is 0 Å². The number of hydrogen-bond donors (Lipinski definition) is 2. The first-order valence-corrected chi connectivity index (χ1v) is 9.87. The summed E-state index contributed by atoms with van der Waals surface area (Å²) in [5, 5.41) is 15.7. The third kappa shape index (κ3) is 2.62. The Morgan fingerprint density at radius 1 is 1.12 bits per heavy atom. The van der Waals surface area contributed by atoms with E-state index in [2.05, 4.69) is 57.0 Å². The van der Waals surface area contributed by atoms with Gasteiger partial charge in [-0.3, -0.25) is 4.90 Å². The van der Waals surface area contributed by atoms with Gasteiger partial charge in [0.25, 0.3) is 0 Å². The number of rotatable bonds is 3. The van der Waals surface area contributed by atoms with Gasteiger partial charge in [-0.05, 0) is 58.1 Å². The SMILES string of the molecule is Oc1cccc(C2c3[nH]c4ccccc4c3CCN2Cc2ccsc2)c1. The lowest BCUT2D eigenvalue weighted by Gasteiger charge is -2.36. The second-order valence-electron chi connectivity index (χ2n) is 6.91. The van der Waals surface area contributed by atoms with Gasteiger partial charge in [-0.1, -0.05) is 30.3 Å². The number of phenolic OH excluding ortho intramolecular Hbond substituents is 1. The molecule has 26 heavy (non-hydrogen) atoms. The topological polar surface area (TPSA) is 39.3 Å². The number of phenols is 1. The summed E-state index contributed by atoms with van der Waals surface area (Å²) in [7, 11) is 0. The van der Waals surface area contributed by atoms with Gasteiger partial charge in [0.2, 0.25) is 0 Å². The predicted octanol–water partition coefficient (Wildman–Crippen LogP) is 5.08. The van der Waals surface area contributed by atoms with Crippen LogP contribution >= 0.6 is 11.3 Å². The van der Waals surface area contributed by atoms with Gasteiger partial charge in [0, 0.05) is 29.7 Å². The summed E-state index contributed by atoms with van der Waals surface area (Å²) in [6.45, 7) is 1.92. The number of para-hydroxylation sites is 1. The van der Waals surface area contributed by atoms with Crippen molar-refractivity contribution >= 4 is 22.2 Å². The number of H-pyrrole nitrogens is 1. The highest BCUT2D eigenvalue weighted by Gasteiger charge is 2.31. The molecule has 1 atom stereocenters. The molecule has 0 fully saturated rings. The van der Waals surface area contributed by atoms with Gasteiger partial charge in [0.05, 0.1) is 6.04 Å². The zero-order chi connectivity index (χ0) is 17.5. The van der Waals surface area contributed by atoms with Crippen molar-refractivity contribution in [3.63, 3.8) is 0 Å². The van der Waals surface area contributed by atoms with E-state index in [1.165, 1.54) is 27.7 Å². The molecule has 1 aliphatic rings. The zero-order valence-corrected chi connectivity index (χ0v) is 15.2. The molecule has 5 rings (SSSR count). The van der Waals surface area contributed by atoms with Crippen LogP contribution in [-0.2, 0) is 13.0 Å². The highest BCUT2D eigenvalue weighted by Crippen LogP contribution is 2.39. The van der Waals surface area contributed by atoms with E-state index in [4.69, 9.17) is 0 Å². The largest absolute Gasteiger partial charge is 0.508 e. The summed E-state index contributed by atoms with van der Waals surface area (Å²) in [4.78, 5) is 6.18. The zero-order valence-electron chi connectivity index (χ0n) is 14.4. The fraction of sp³-hybridized carbons (Fsp3) is 0.182. The van der Waals surface area contributed by atoms with Crippen LogP contribution in [0.1, 0.15) is 28.4 Å². The van der Waals surface area contributed by atoms with Crippen LogP contribution < -0.4 is 0 Å². The molecule has 4 aromatic rings. The molecular weight excluding hydrogens is 340 g/mol. The number of benzene rings is 2. The van der Waals surface area contributed by atoms with Crippen molar-refractivity contribution in [2.45, 2.75) is 19.0 Å². The maximum Gasteiger partial charge on any atom is 0.115 e. The number of thiophene rings is 1. The van der Waals surface area contributed by atoms with Crippen LogP contribution in [0.15, 0.2) is 65.4 Å². The summed E-state index contributed by atoms with van der Waals surface area (Å²) in [6.07, 6.45) is 1.04. The second kappa shape index (κ2) is 6.31. The highest BCUT2D eigenvalue weighted by atomic mass is 32.1. The molecule has 2 N–H and O–H groups in total. The van der Waals surface area contributed by atoms with E-state index < -0.39 is 0 Å². The van der Waals surface area contributed by atoms with Crippen molar-refractivity contribution in [2.75, 3.05) is 6.54 Å². The fourth-order valence-electron chi connectivity index (χ4n) is 4.15. The Bertz CT molecular complexity index is 1050. The quantitative estimate of drug-likeness (QED) is 0.535. The molecule has 0 amide bonds. The molecule has 3 nitrogen and oxygen atoms in total. The van der Waals surface area contributed by atoms with E-state index in [9.17, 15) is 5.11 Å². The lowest BCUT2D eigenvalue weighted by molar-refractivity contribution is 0.202. The number of aromatic nitrogens is 1. The summed E-state index contributed by atoms with van der Waals surface area (Å²) in [5.41, 5.74) is 6.35. The Kier molecular flexibility index (Phi) is 3.80. The van der Waals surface area contributed by atoms with Gasteiger partial charge < -0.3 is 10.1 Å². The van der Waals surface area contributed by atoms with E-state index in [1.54, 1.807) is 17.4 Å². The summed E-state index contributed by atoms with van der Waals surface area (Å²) < 4.78 is 0. The number of hydrogen-bond acceptors (Lipinski definition) is 3. The average Bonchev–Trinajstić information content (AvgIpc) is 3.28. The number of fused-ring (bicyclic) bond motifs is 3. The normalized spacial score (nSPS) is 17.5. The molecule has 0 saturated carbocycles. The average molecular weight is 360 g/mol. The van der Waals surface area contributed by atoms with Crippen molar-refractivity contribution < 1.29 is 5.11 Å². The van der Waals surface area contributed by atoms with Crippen LogP contribution in [0.2, 0.25) is 0 Å². The molecule has 4 heteroatoms. The molecule has 2 aromatic carbocycles. The van der Waals surface area contributed by atoms with Crippen molar-refractivity contribution in [2.24, 2.45) is 0 Å². The van der Waals surface area contributed by atoms with Crippen molar-refractivity contribution in [3.05, 3.63) is 87.7 Å². The molecule has 0 aliphatic carbocycles. The minimum atomic E-state index is 0.123. The standard InChI is InChI=1S/C22H20N2OS/c25-17-5-3-4-16(12-17)22-21-19(18-6-1-2-7-20(18)23-21)8-10-24(22)13-15-9-11-26-14-15/h1-7,9,11-12,14,22-23,25H,8,10,13H2. The first kappa shape index (κ1) is 15.7. The molecule has 2 aromatic heterocycles. The van der Waals surface area contributed by atoms with Crippen LogP contribution in [0, 0.1) is 0 Å². The Balaban J connectivity index is 1.65. The van der Waals surface area contributed by atoms with Crippen LogP contribution in [-0.4, -0.2) is 21.5 Å². The lowest BCUT2D eigenvalue weighted by atomic mass is 9.92. The number of aromatic hydroxyl groups is 1. The highest BCUT2D eigenvalue weighted by molar-refractivity contribution is 7.07. The monoisotopic (exact) mass is 360 g/mol. The van der Waals surface area contributed by atoms with Crippen molar-refractivity contribution in [3.8, 4) is 5.75 Å². The minimum absolute atomic E-state index is 0.123. The lowest BCUT2D eigenvalue weighted by Crippen LogP contribution is -2.35. The second-order valence-corrected chi connectivity index (χ2v) is 7.69. The van der Waals surface area contributed by atoms with E-state index in [1.807, 2.05) is 12.1 Å². The predicted molar refractivity (Wildman–Crippen MR) is 107 cm³/mol. The molecule has 0 spiro atoms. The minimum Gasteiger partial charge on any atom is -0.508 e. The third-order valence-corrected chi connectivity index (χ3v) is 6.02. The number of nitrogens with zero attached hydrogens (tertiary/aromatic N) is 1. The number of nitrogens with one attached hydrogen (secondary N) is 1. The molecule has 0 bridgehead atoms. The van der Waals surface area contributed by atoms with E-state index in [-0.39, 0.29) is 6.04 Å². The molecular formula is C22H20N2OS. The van der Waals surface area contributed by atoms with Crippen LogP contribution in [0.25, 0.3) is 10.9 Å². The molecule has 3 heterocycles. The Morgan fingerprint density at radius 3 is 2.88 bits per heavy atom. The van der Waals surface area contributed by atoms with Gasteiger partial charge in [-0.25, -0.2) is 0 Å². The van der Waals surface area contributed by atoms with E-state index in [0.717, 1.165) is 25.1 Å². The van der Waals surface area contributed by atoms with Crippen LogP contribution in [0.4, 0.5) is 0 Å². The van der Waals surface area contributed by atoms with Crippen molar-refractivity contribution in [1.82, 2.24) is 9.88 Å². The van der Waals surface area contributed by atoms with Crippen LogP contribution in [0.5, 0.6) is 5.75 Å². The molecule has 0 radical (unpaired) electrons. The van der Waals surface area contributed by atoms with Gasteiger partial charge in [-0.15, -0.1) is 0 Å². The van der Waals surface area contributed by atoms with Crippen molar-refractivity contribution in [1.29, 1.82) is 0 Å². The fourth-order valence-corrected chi connectivity index (χ4v) is 4.81. The smallest absolute Gasteiger partial charge is 0.115 e. The Labute approximate surface area is 156 Å². The van der Waals surface area contributed by atoms with Gasteiger partial charge in [-0.2, -0.15) is 11.3 Å². The van der Waals surface area contributed by atoms with Crippen LogP contribution in [0.3, 0.4) is 0 Å². The Morgan fingerprint density at radius 2 is 2.04 bits per heavy atom. The third-order valence-electron chi connectivity index (χ3n) is 5.29. The van der Waals surface area contributed by atoms with Gasteiger partial charge in [0.15, 0.2) is 0 Å². The van der Waals surface area contributed by atoms with E-state index in [0.29, 0.717) is 5.75 Å². The van der Waals surface area contributed by atoms with Gasteiger partial charge in [0.1, 0.15) is 5.75 Å². The molecule has 1 unspecified atom stereocenters. The molecule has 1 aliphatic heterocycles. The van der Waals surface area contributed by atoms with E-state index >= 15 is 0 Å². The molecule has 130 valence electrons. The maximum atomic E-state index is 10.0. The summed E-state index contributed by atoms with van der Waals surface area (Å²) in [5.74, 6) is 0.321. The maximum absolute atomic E-state index is 10.0. The summed E-state index contributed by atoms with van der Waals surface area (Å²) in [6, 6.07) is 18.6. The molecule has 0 saturated heterocycles.